The van der Waals surface area contributed by atoms with Gasteiger partial charge in [-0.2, -0.15) is 0 Å². The zero-order valence-electron chi connectivity index (χ0n) is 13.6. The van der Waals surface area contributed by atoms with Gasteiger partial charge >= 0.3 is 0 Å². The van der Waals surface area contributed by atoms with Crippen molar-refractivity contribution in [1.82, 2.24) is 4.98 Å². The van der Waals surface area contributed by atoms with Gasteiger partial charge in [-0.05, 0) is 13.0 Å². The van der Waals surface area contributed by atoms with Gasteiger partial charge in [0.25, 0.3) is 0 Å². The van der Waals surface area contributed by atoms with E-state index < -0.39 is 0 Å². The average Bonchev–Trinajstić information content (AvgIpc) is 3.01. The summed E-state index contributed by atoms with van der Waals surface area (Å²) in [5, 5.41) is 2.90. The molecule has 0 aliphatic carbocycles. The molecule has 6 heteroatoms. The van der Waals surface area contributed by atoms with E-state index in [-0.39, 0.29) is 18.1 Å². The van der Waals surface area contributed by atoms with Crippen molar-refractivity contribution in [2.24, 2.45) is 5.92 Å². The summed E-state index contributed by atoms with van der Waals surface area (Å²) in [5.41, 5.74) is 0.858. The van der Waals surface area contributed by atoms with Crippen LogP contribution in [0.15, 0.2) is 23.3 Å². The Morgan fingerprint density at radius 3 is 2.55 bits per heavy atom. The molecule has 0 aliphatic rings. The van der Waals surface area contributed by atoms with Crippen LogP contribution in [0.5, 0.6) is 0 Å². The molecule has 22 heavy (non-hydrogen) atoms. The van der Waals surface area contributed by atoms with E-state index in [0.717, 1.165) is 10.7 Å². The lowest BCUT2D eigenvalue weighted by Crippen LogP contribution is -2.20. The summed E-state index contributed by atoms with van der Waals surface area (Å²) in [5.74, 6) is 0.505. The van der Waals surface area contributed by atoms with Crippen LogP contribution in [0.2, 0.25) is 0 Å². The van der Waals surface area contributed by atoms with Crippen LogP contribution in [0, 0.1) is 5.92 Å². The van der Waals surface area contributed by atoms with Crippen molar-refractivity contribution in [3.8, 4) is 0 Å². The van der Waals surface area contributed by atoms with Crippen LogP contribution < -0.4 is 0 Å². The number of thiazole rings is 1. The predicted octanol–water partition coefficient (Wildman–Crippen LogP) is 3.24. The topological polar surface area (TPSA) is 57.7 Å². The van der Waals surface area contributed by atoms with E-state index in [4.69, 9.17) is 14.2 Å². The highest BCUT2D eigenvalue weighted by molar-refractivity contribution is 7.09. The van der Waals surface area contributed by atoms with E-state index in [1.54, 1.807) is 32.7 Å². The number of nitrogens with zero attached hydrogens (tertiary/aromatic N) is 1. The summed E-state index contributed by atoms with van der Waals surface area (Å²) in [4.78, 5) is 15.1. The van der Waals surface area contributed by atoms with Gasteiger partial charge in [0.15, 0.2) is 0 Å². The van der Waals surface area contributed by atoms with Gasteiger partial charge in [-0.15, -0.1) is 11.3 Å². The zero-order valence-corrected chi connectivity index (χ0v) is 14.4. The third kappa shape index (κ3) is 5.05. The Kier molecular flexibility index (Phi) is 8.01. The SMILES string of the molecule is CO/C(=C/C=O)C(C)C(/C=C/c1csc(C(C)OC)n1)OC. The van der Waals surface area contributed by atoms with Gasteiger partial charge in [-0.25, -0.2) is 4.98 Å². The molecule has 0 radical (unpaired) electrons. The quantitative estimate of drug-likeness (QED) is 0.396. The lowest BCUT2D eigenvalue weighted by molar-refractivity contribution is -0.104. The largest absolute Gasteiger partial charge is 0.501 e. The highest BCUT2D eigenvalue weighted by atomic mass is 32.1. The van der Waals surface area contributed by atoms with E-state index in [1.807, 2.05) is 31.4 Å². The third-order valence-electron chi connectivity index (χ3n) is 3.38. The number of carbonyl (C=O) groups excluding carboxylic acids is 1. The third-order valence-corrected chi connectivity index (χ3v) is 4.40. The van der Waals surface area contributed by atoms with E-state index in [1.165, 1.54) is 6.08 Å². The maximum absolute atomic E-state index is 10.6. The first kappa shape index (κ1) is 18.5. The lowest BCUT2D eigenvalue weighted by atomic mass is 10.0. The smallest absolute Gasteiger partial charge is 0.146 e. The number of hydrogen-bond acceptors (Lipinski definition) is 6. The van der Waals surface area contributed by atoms with Crippen molar-refractivity contribution in [3.05, 3.63) is 34.0 Å². The van der Waals surface area contributed by atoms with Crippen LogP contribution in [-0.4, -0.2) is 38.7 Å². The van der Waals surface area contributed by atoms with Crippen LogP contribution in [0.4, 0.5) is 0 Å². The van der Waals surface area contributed by atoms with Crippen molar-refractivity contribution in [3.63, 3.8) is 0 Å². The first-order valence-corrected chi connectivity index (χ1v) is 7.83. The Hall–Kier alpha value is -1.50. The summed E-state index contributed by atoms with van der Waals surface area (Å²) >= 11 is 1.56. The van der Waals surface area contributed by atoms with Gasteiger partial charge in [0.2, 0.25) is 0 Å². The van der Waals surface area contributed by atoms with Gasteiger partial charge in [0, 0.05) is 31.6 Å². The van der Waals surface area contributed by atoms with Gasteiger partial charge in [0.1, 0.15) is 23.2 Å². The second-order valence-corrected chi connectivity index (χ2v) is 5.64. The average molecular weight is 325 g/mol. The second kappa shape index (κ2) is 9.50. The highest BCUT2D eigenvalue weighted by Crippen LogP contribution is 2.23. The van der Waals surface area contributed by atoms with Gasteiger partial charge in [0.05, 0.1) is 18.9 Å². The van der Waals surface area contributed by atoms with E-state index in [2.05, 4.69) is 4.98 Å². The Bertz CT molecular complexity index is 524. The van der Waals surface area contributed by atoms with Crippen molar-refractivity contribution in [1.29, 1.82) is 0 Å². The molecule has 122 valence electrons. The molecular formula is C16H23NO4S. The van der Waals surface area contributed by atoms with Crippen LogP contribution in [0.3, 0.4) is 0 Å². The molecule has 3 atom stereocenters. The molecule has 1 heterocycles. The fourth-order valence-corrected chi connectivity index (χ4v) is 2.76. The fraction of sp³-hybridized carbons (Fsp3) is 0.500. The number of ether oxygens (including phenoxy) is 3. The standard InChI is InChI=1S/C16H23NO4S/c1-11(15(21-5)8-9-18)14(20-4)7-6-13-10-22-16(17-13)12(2)19-3/h6-12,14H,1-5H3/b7-6+,15-8+. The van der Waals surface area contributed by atoms with Crippen LogP contribution in [0.1, 0.15) is 30.7 Å². The molecule has 0 saturated heterocycles. The first-order valence-electron chi connectivity index (χ1n) is 6.95. The van der Waals surface area contributed by atoms with Crippen molar-refractivity contribution in [2.75, 3.05) is 21.3 Å². The normalized spacial score (nSPS) is 16.5. The van der Waals surface area contributed by atoms with Crippen LogP contribution in [0.25, 0.3) is 6.08 Å². The molecule has 0 fully saturated rings. The molecule has 0 aliphatic heterocycles. The Balaban J connectivity index is 2.82. The van der Waals surface area contributed by atoms with Crippen molar-refractivity contribution >= 4 is 23.7 Å². The van der Waals surface area contributed by atoms with Crippen LogP contribution in [-0.2, 0) is 19.0 Å². The Labute approximate surface area is 135 Å². The van der Waals surface area contributed by atoms with Gasteiger partial charge in [-0.1, -0.05) is 13.0 Å². The summed E-state index contributed by atoms with van der Waals surface area (Å²) in [6.07, 6.45) is 5.71. The predicted molar refractivity (Wildman–Crippen MR) is 87.7 cm³/mol. The summed E-state index contributed by atoms with van der Waals surface area (Å²) < 4.78 is 15.9. The maximum Gasteiger partial charge on any atom is 0.146 e. The molecular weight excluding hydrogens is 302 g/mol. The minimum absolute atomic E-state index is 0.0140. The molecule has 0 N–H and O–H groups in total. The molecule has 5 nitrogen and oxygen atoms in total. The number of aldehydes is 1. The Morgan fingerprint density at radius 2 is 2.00 bits per heavy atom. The van der Waals surface area contributed by atoms with Crippen molar-refractivity contribution < 1.29 is 19.0 Å². The number of allylic oxidation sites excluding steroid dienone is 1. The van der Waals surface area contributed by atoms with E-state index >= 15 is 0 Å². The molecule has 1 aromatic heterocycles. The van der Waals surface area contributed by atoms with Crippen molar-refractivity contribution in [2.45, 2.75) is 26.1 Å². The molecule has 0 amide bonds. The fourth-order valence-electron chi connectivity index (χ4n) is 1.94. The van der Waals surface area contributed by atoms with E-state index in [9.17, 15) is 4.79 Å². The monoisotopic (exact) mass is 325 g/mol. The van der Waals surface area contributed by atoms with Gasteiger partial charge in [-0.3, -0.25) is 4.79 Å². The molecule has 0 saturated carbocycles. The van der Waals surface area contributed by atoms with E-state index in [0.29, 0.717) is 12.0 Å². The van der Waals surface area contributed by atoms with Crippen LogP contribution >= 0.6 is 11.3 Å². The minimum atomic E-state index is -0.212. The minimum Gasteiger partial charge on any atom is -0.501 e. The molecule has 0 spiro atoms. The number of hydrogen-bond donors (Lipinski definition) is 0. The highest BCUT2D eigenvalue weighted by Gasteiger charge is 2.19. The number of rotatable bonds is 9. The summed E-state index contributed by atoms with van der Waals surface area (Å²) in [6.45, 7) is 3.90. The molecule has 1 aromatic rings. The summed E-state index contributed by atoms with van der Waals surface area (Å²) in [6, 6.07) is 0. The Morgan fingerprint density at radius 1 is 1.27 bits per heavy atom. The maximum atomic E-state index is 10.6. The number of carbonyl (C=O) groups is 1. The lowest BCUT2D eigenvalue weighted by Gasteiger charge is -2.21. The molecule has 1 rings (SSSR count). The summed E-state index contributed by atoms with van der Waals surface area (Å²) in [7, 11) is 4.83. The number of aromatic nitrogens is 1. The molecule has 0 bridgehead atoms. The molecule has 3 unspecified atom stereocenters. The number of methoxy groups -OCH3 is 3. The first-order chi connectivity index (χ1) is 10.6. The van der Waals surface area contributed by atoms with Gasteiger partial charge < -0.3 is 14.2 Å². The molecule has 0 aromatic carbocycles. The zero-order chi connectivity index (χ0) is 16.5. The second-order valence-electron chi connectivity index (χ2n) is 4.75.